The van der Waals surface area contributed by atoms with Gasteiger partial charge in [-0.2, -0.15) is 4.98 Å². The highest BCUT2D eigenvalue weighted by molar-refractivity contribution is 5.90. The van der Waals surface area contributed by atoms with Gasteiger partial charge in [0.05, 0.1) is 5.52 Å². The molecule has 5 heteroatoms. The number of para-hydroxylation sites is 1. The quantitative estimate of drug-likeness (QED) is 0.854. The highest BCUT2D eigenvalue weighted by Gasteiger charge is 2.18. The zero-order chi connectivity index (χ0) is 18.5. The summed E-state index contributed by atoms with van der Waals surface area (Å²) in [4.78, 5) is 14.8. The van der Waals surface area contributed by atoms with Crippen molar-refractivity contribution in [3.8, 4) is 0 Å². The molecule has 5 nitrogen and oxygen atoms in total. The predicted octanol–water partition coefficient (Wildman–Crippen LogP) is 4.30. The molecule has 0 spiro atoms. The summed E-state index contributed by atoms with van der Waals surface area (Å²) in [5.74, 6) is 1.88. The minimum absolute atomic E-state index is 0.348. The molecule has 1 aromatic carbocycles. The molecule has 3 heterocycles. The van der Waals surface area contributed by atoms with E-state index in [1.54, 1.807) is 0 Å². The lowest BCUT2D eigenvalue weighted by Gasteiger charge is -2.29. The van der Waals surface area contributed by atoms with Crippen LogP contribution in [0.3, 0.4) is 0 Å². The molecule has 2 saturated heterocycles. The lowest BCUT2D eigenvalue weighted by Crippen LogP contribution is -2.38. The number of nitrogens with zero attached hydrogens (tertiary/aromatic N) is 4. The summed E-state index contributed by atoms with van der Waals surface area (Å²) in [5.41, 5.74) is 1.04. The number of likely N-dealkylation sites (tertiary alicyclic amines) is 1. The summed E-state index contributed by atoms with van der Waals surface area (Å²) in [6.45, 7) is 7.97. The Morgan fingerprint density at radius 1 is 0.889 bits per heavy atom. The Labute approximate surface area is 163 Å². The van der Waals surface area contributed by atoms with Gasteiger partial charge in [-0.25, -0.2) is 4.98 Å². The molecule has 2 aromatic rings. The van der Waals surface area contributed by atoms with E-state index in [2.05, 4.69) is 46.3 Å². The molecule has 0 bridgehead atoms. The maximum atomic E-state index is 4.98. The fourth-order valence-corrected chi connectivity index (χ4v) is 4.44. The molecule has 2 aliphatic rings. The van der Waals surface area contributed by atoms with Crippen LogP contribution in [0, 0.1) is 0 Å². The second-order valence-corrected chi connectivity index (χ2v) is 8.20. The van der Waals surface area contributed by atoms with Gasteiger partial charge in [-0.05, 0) is 57.8 Å². The molecule has 27 heavy (non-hydrogen) atoms. The fraction of sp³-hybridized carbons (Fsp3) is 0.636. The molecule has 0 aliphatic carbocycles. The lowest BCUT2D eigenvalue weighted by molar-refractivity contribution is 0.223. The van der Waals surface area contributed by atoms with Crippen LogP contribution in [-0.4, -0.2) is 53.6 Å². The Hall–Kier alpha value is -1.88. The number of rotatable bonds is 5. The van der Waals surface area contributed by atoms with Crippen molar-refractivity contribution in [3.63, 3.8) is 0 Å². The summed E-state index contributed by atoms with van der Waals surface area (Å²) >= 11 is 0. The van der Waals surface area contributed by atoms with Crippen molar-refractivity contribution in [2.45, 2.75) is 57.9 Å². The van der Waals surface area contributed by atoms with Gasteiger partial charge in [-0.3, -0.25) is 0 Å². The number of aromatic nitrogens is 2. The van der Waals surface area contributed by atoms with E-state index in [4.69, 9.17) is 9.97 Å². The van der Waals surface area contributed by atoms with Crippen LogP contribution < -0.4 is 10.2 Å². The first-order valence-corrected chi connectivity index (χ1v) is 10.8. The van der Waals surface area contributed by atoms with Gasteiger partial charge in [0, 0.05) is 31.1 Å². The molecular weight excluding hydrogens is 334 g/mol. The molecule has 1 atom stereocenters. The topological polar surface area (TPSA) is 44.3 Å². The Balaban J connectivity index is 1.55. The van der Waals surface area contributed by atoms with Crippen LogP contribution in [-0.2, 0) is 0 Å². The molecule has 1 unspecified atom stereocenters. The lowest BCUT2D eigenvalue weighted by atomic mass is 10.1. The first-order valence-electron chi connectivity index (χ1n) is 10.8. The van der Waals surface area contributed by atoms with Crippen molar-refractivity contribution in [2.75, 3.05) is 42.9 Å². The number of fused-ring (bicyclic) bond motifs is 1. The van der Waals surface area contributed by atoms with Crippen LogP contribution >= 0.6 is 0 Å². The monoisotopic (exact) mass is 367 g/mol. The maximum Gasteiger partial charge on any atom is 0.225 e. The SMILES string of the molecule is CC(CN1CCCCC1)Nc1nc(N2CCCCCC2)c2ccccc2n1. The largest absolute Gasteiger partial charge is 0.356 e. The van der Waals surface area contributed by atoms with Crippen molar-refractivity contribution in [2.24, 2.45) is 0 Å². The van der Waals surface area contributed by atoms with E-state index in [0.717, 1.165) is 36.9 Å². The molecule has 0 saturated carbocycles. The molecule has 1 aromatic heterocycles. The molecule has 146 valence electrons. The van der Waals surface area contributed by atoms with Crippen LogP contribution in [0.4, 0.5) is 11.8 Å². The molecule has 4 rings (SSSR count). The van der Waals surface area contributed by atoms with Gasteiger partial charge >= 0.3 is 0 Å². The van der Waals surface area contributed by atoms with Crippen LogP contribution in [0.2, 0.25) is 0 Å². The van der Waals surface area contributed by atoms with Crippen LogP contribution in [0.5, 0.6) is 0 Å². The molecule has 0 amide bonds. The van der Waals surface area contributed by atoms with Crippen molar-refractivity contribution >= 4 is 22.7 Å². The summed E-state index contributed by atoms with van der Waals surface area (Å²) < 4.78 is 0. The average molecular weight is 368 g/mol. The minimum atomic E-state index is 0.348. The van der Waals surface area contributed by atoms with E-state index < -0.39 is 0 Å². The van der Waals surface area contributed by atoms with E-state index in [9.17, 15) is 0 Å². The third kappa shape index (κ3) is 4.70. The highest BCUT2D eigenvalue weighted by Crippen LogP contribution is 2.27. The molecule has 2 fully saturated rings. The highest BCUT2D eigenvalue weighted by atomic mass is 15.2. The van der Waals surface area contributed by atoms with Gasteiger partial charge in [0.2, 0.25) is 5.95 Å². The van der Waals surface area contributed by atoms with Gasteiger partial charge < -0.3 is 15.1 Å². The van der Waals surface area contributed by atoms with E-state index in [1.807, 2.05) is 0 Å². The summed E-state index contributed by atoms with van der Waals surface area (Å²) in [6, 6.07) is 8.79. The van der Waals surface area contributed by atoms with Crippen molar-refractivity contribution < 1.29 is 0 Å². The molecule has 1 N–H and O–H groups in total. The number of piperidine rings is 1. The van der Waals surface area contributed by atoms with Gasteiger partial charge in [0.25, 0.3) is 0 Å². The normalized spacial score (nSPS) is 20.4. The molecule has 0 radical (unpaired) electrons. The van der Waals surface area contributed by atoms with Crippen LogP contribution in [0.15, 0.2) is 24.3 Å². The number of hydrogen-bond acceptors (Lipinski definition) is 5. The zero-order valence-electron chi connectivity index (χ0n) is 16.7. The smallest absolute Gasteiger partial charge is 0.225 e. The zero-order valence-corrected chi connectivity index (χ0v) is 16.7. The van der Waals surface area contributed by atoms with E-state index in [0.29, 0.717) is 6.04 Å². The summed E-state index contributed by atoms with van der Waals surface area (Å²) in [7, 11) is 0. The van der Waals surface area contributed by atoms with E-state index in [-0.39, 0.29) is 0 Å². The van der Waals surface area contributed by atoms with E-state index in [1.165, 1.54) is 63.4 Å². The third-order valence-electron chi connectivity index (χ3n) is 5.84. The number of anilines is 2. The molecule has 2 aliphatic heterocycles. The average Bonchev–Trinajstić information content (AvgIpc) is 2.97. The Bertz CT molecular complexity index is 733. The van der Waals surface area contributed by atoms with Crippen LogP contribution in [0.1, 0.15) is 51.9 Å². The number of hydrogen-bond donors (Lipinski definition) is 1. The Kier molecular flexibility index (Phi) is 6.07. The fourth-order valence-electron chi connectivity index (χ4n) is 4.44. The molecular formula is C22H33N5. The maximum absolute atomic E-state index is 4.98. The van der Waals surface area contributed by atoms with Crippen molar-refractivity contribution in [1.29, 1.82) is 0 Å². The standard InChI is InChI=1S/C22H33N5/c1-18(17-26-13-7-4-8-14-26)23-22-24-20-12-6-5-11-19(20)21(25-22)27-15-9-2-3-10-16-27/h5-6,11-12,18H,2-4,7-10,13-17H2,1H3,(H,23,24,25). The van der Waals surface area contributed by atoms with Gasteiger partial charge in [-0.1, -0.05) is 31.4 Å². The second-order valence-electron chi connectivity index (χ2n) is 8.20. The van der Waals surface area contributed by atoms with Gasteiger partial charge in [-0.15, -0.1) is 0 Å². The minimum Gasteiger partial charge on any atom is -0.356 e. The van der Waals surface area contributed by atoms with Crippen LogP contribution in [0.25, 0.3) is 10.9 Å². The summed E-state index contributed by atoms with van der Waals surface area (Å²) in [6.07, 6.45) is 9.22. The number of benzene rings is 1. The van der Waals surface area contributed by atoms with Gasteiger partial charge in [0.1, 0.15) is 5.82 Å². The number of nitrogens with one attached hydrogen (secondary N) is 1. The first kappa shape index (κ1) is 18.5. The second kappa shape index (κ2) is 8.87. The van der Waals surface area contributed by atoms with E-state index >= 15 is 0 Å². The third-order valence-corrected chi connectivity index (χ3v) is 5.84. The Morgan fingerprint density at radius 3 is 2.33 bits per heavy atom. The predicted molar refractivity (Wildman–Crippen MR) is 114 cm³/mol. The van der Waals surface area contributed by atoms with Crippen molar-refractivity contribution in [1.82, 2.24) is 14.9 Å². The van der Waals surface area contributed by atoms with Gasteiger partial charge in [0.15, 0.2) is 0 Å². The first-order chi connectivity index (χ1) is 13.3. The Morgan fingerprint density at radius 2 is 1.56 bits per heavy atom. The van der Waals surface area contributed by atoms with Crippen molar-refractivity contribution in [3.05, 3.63) is 24.3 Å². The summed E-state index contributed by atoms with van der Waals surface area (Å²) in [5, 5.41) is 4.76.